The van der Waals surface area contributed by atoms with Gasteiger partial charge in [-0.3, -0.25) is 4.79 Å². The van der Waals surface area contributed by atoms with Crippen LogP contribution < -0.4 is 0 Å². The Morgan fingerprint density at radius 3 is 2.60 bits per heavy atom. The van der Waals surface area contributed by atoms with Crippen molar-refractivity contribution in [2.45, 2.75) is 70.9 Å². The van der Waals surface area contributed by atoms with Gasteiger partial charge in [0, 0.05) is 18.5 Å². The van der Waals surface area contributed by atoms with Gasteiger partial charge in [-0.2, -0.15) is 0 Å². The Balaban J connectivity index is 2.09. The van der Waals surface area contributed by atoms with Crippen molar-refractivity contribution in [3.63, 3.8) is 0 Å². The van der Waals surface area contributed by atoms with Crippen LogP contribution in [0.25, 0.3) is 0 Å². The number of hydrogen-bond acceptors (Lipinski definition) is 1. The highest BCUT2D eigenvalue weighted by molar-refractivity contribution is 5.79. The molecule has 86 valence electrons. The molecule has 1 saturated heterocycles. The zero-order valence-electron chi connectivity index (χ0n) is 10.0. The quantitative estimate of drug-likeness (QED) is 0.684. The molecule has 1 amide bonds. The molecule has 1 aliphatic heterocycles. The summed E-state index contributed by atoms with van der Waals surface area (Å²) in [5.74, 6) is 1.18. The number of rotatable bonds is 2. The van der Waals surface area contributed by atoms with E-state index in [0.717, 1.165) is 18.8 Å². The molecular formula is C13H23NO. The highest BCUT2D eigenvalue weighted by Crippen LogP contribution is 2.34. The van der Waals surface area contributed by atoms with Crippen molar-refractivity contribution in [3.8, 4) is 0 Å². The van der Waals surface area contributed by atoms with Crippen molar-refractivity contribution in [1.82, 2.24) is 4.90 Å². The van der Waals surface area contributed by atoms with E-state index in [1.54, 1.807) is 0 Å². The molecule has 0 spiro atoms. The van der Waals surface area contributed by atoms with Crippen LogP contribution in [0.2, 0.25) is 0 Å². The minimum Gasteiger partial charge on any atom is -0.337 e. The highest BCUT2D eigenvalue weighted by atomic mass is 16.2. The van der Waals surface area contributed by atoms with Crippen molar-refractivity contribution < 1.29 is 4.79 Å². The van der Waals surface area contributed by atoms with E-state index in [-0.39, 0.29) is 0 Å². The molecule has 2 rings (SSSR count). The molecule has 0 aromatic carbocycles. The summed E-state index contributed by atoms with van der Waals surface area (Å²) < 4.78 is 0. The van der Waals surface area contributed by atoms with Crippen LogP contribution in [-0.2, 0) is 4.79 Å². The summed E-state index contributed by atoms with van der Waals surface area (Å²) in [7, 11) is 0. The van der Waals surface area contributed by atoms with Crippen LogP contribution in [0.15, 0.2) is 0 Å². The minimum absolute atomic E-state index is 0.410. The Bertz CT molecular complexity index is 239. The second kappa shape index (κ2) is 4.54. The van der Waals surface area contributed by atoms with Gasteiger partial charge in [0.15, 0.2) is 0 Å². The third-order valence-electron chi connectivity index (χ3n) is 4.29. The summed E-state index contributed by atoms with van der Waals surface area (Å²) in [5, 5.41) is 0. The Morgan fingerprint density at radius 2 is 2.00 bits per heavy atom. The normalized spacial score (nSPS) is 37.3. The Labute approximate surface area is 93.0 Å². The lowest BCUT2D eigenvalue weighted by atomic mass is 9.81. The summed E-state index contributed by atoms with van der Waals surface area (Å²) in [4.78, 5) is 14.1. The molecule has 1 heterocycles. The molecule has 1 saturated carbocycles. The van der Waals surface area contributed by atoms with Crippen LogP contribution in [0.4, 0.5) is 0 Å². The Kier molecular flexibility index (Phi) is 3.32. The first-order valence-electron chi connectivity index (χ1n) is 6.55. The number of carbonyl (C=O) groups excluding carboxylic acids is 1. The first-order chi connectivity index (χ1) is 7.24. The predicted octanol–water partition coefficient (Wildman–Crippen LogP) is 2.97. The lowest BCUT2D eigenvalue weighted by molar-refractivity contribution is -0.133. The standard InChI is InChI=1S/C13H23NO/c1-3-11-6-4-5-7-12(11)14-10(2)8-9-13(14)15/h10-12H,3-9H2,1-2H3. The lowest BCUT2D eigenvalue weighted by Crippen LogP contribution is -2.46. The molecule has 2 heteroatoms. The van der Waals surface area contributed by atoms with Crippen molar-refractivity contribution >= 4 is 5.91 Å². The molecule has 2 fully saturated rings. The number of likely N-dealkylation sites (tertiary alicyclic amines) is 1. The fraction of sp³-hybridized carbons (Fsp3) is 0.923. The van der Waals surface area contributed by atoms with Crippen molar-refractivity contribution in [3.05, 3.63) is 0 Å². The average molecular weight is 209 g/mol. The molecule has 2 aliphatic rings. The van der Waals surface area contributed by atoms with E-state index in [2.05, 4.69) is 18.7 Å². The molecular weight excluding hydrogens is 186 g/mol. The predicted molar refractivity (Wildman–Crippen MR) is 61.6 cm³/mol. The van der Waals surface area contributed by atoms with Gasteiger partial charge in [0.1, 0.15) is 0 Å². The fourth-order valence-corrected chi connectivity index (χ4v) is 3.39. The van der Waals surface area contributed by atoms with Crippen molar-refractivity contribution in [2.75, 3.05) is 0 Å². The fourth-order valence-electron chi connectivity index (χ4n) is 3.39. The minimum atomic E-state index is 0.410. The number of carbonyl (C=O) groups is 1. The lowest BCUT2D eigenvalue weighted by Gasteiger charge is -2.40. The molecule has 0 aromatic heterocycles. The molecule has 2 nitrogen and oxygen atoms in total. The second-order valence-corrected chi connectivity index (χ2v) is 5.21. The average Bonchev–Trinajstić information content (AvgIpc) is 2.59. The van der Waals surface area contributed by atoms with Gasteiger partial charge in [0.2, 0.25) is 5.91 Å². The third kappa shape index (κ3) is 2.04. The molecule has 0 bridgehead atoms. The summed E-state index contributed by atoms with van der Waals surface area (Å²) >= 11 is 0. The van der Waals surface area contributed by atoms with Gasteiger partial charge < -0.3 is 4.90 Å². The van der Waals surface area contributed by atoms with Gasteiger partial charge in [-0.05, 0) is 32.1 Å². The number of nitrogens with zero attached hydrogens (tertiary/aromatic N) is 1. The van der Waals surface area contributed by atoms with E-state index in [1.165, 1.54) is 32.1 Å². The zero-order valence-corrected chi connectivity index (χ0v) is 10.0. The van der Waals surface area contributed by atoms with Gasteiger partial charge in [-0.25, -0.2) is 0 Å². The van der Waals surface area contributed by atoms with E-state index in [1.807, 2.05) is 0 Å². The van der Waals surface area contributed by atoms with Crippen LogP contribution in [0, 0.1) is 5.92 Å². The molecule has 1 aliphatic carbocycles. The van der Waals surface area contributed by atoms with Crippen LogP contribution >= 0.6 is 0 Å². The van der Waals surface area contributed by atoms with Gasteiger partial charge >= 0.3 is 0 Å². The first kappa shape index (κ1) is 11.0. The Hall–Kier alpha value is -0.530. The highest BCUT2D eigenvalue weighted by Gasteiger charge is 2.37. The second-order valence-electron chi connectivity index (χ2n) is 5.21. The Morgan fingerprint density at radius 1 is 1.27 bits per heavy atom. The smallest absolute Gasteiger partial charge is 0.223 e. The number of amides is 1. The molecule has 15 heavy (non-hydrogen) atoms. The van der Waals surface area contributed by atoms with E-state index in [9.17, 15) is 4.79 Å². The van der Waals surface area contributed by atoms with Crippen molar-refractivity contribution in [1.29, 1.82) is 0 Å². The molecule has 3 atom stereocenters. The van der Waals surface area contributed by atoms with Crippen LogP contribution in [0.3, 0.4) is 0 Å². The summed E-state index contributed by atoms with van der Waals surface area (Å²) in [6, 6.07) is 1.06. The van der Waals surface area contributed by atoms with Gasteiger partial charge in [0.05, 0.1) is 0 Å². The summed E-state index contributed by atoms with van der Waals surface area (Å²) in [5.41, 5.74) is 0. The molecule has 3 unspecified atom stereocenters. The van der Waals surface area contributed by atoms with Crippen LogP contribution in [0.5, 0.6) is 0 Å². The van der Waals surface area contributed by atoms with Gasteiger partial charge in [-0.1, -0.05) is 26.2 Å². The van der Waals surface area contributed by atoms with E-state index < -0.39 is 0 Å². The first-order valence-corrected chi connectivity index (χ1v) is 6.55. The summed E-state index contributed by atoms with van der Waals surface area (Å²) in [6.45, 7) is 4.49. The SMILES string of the molecule is CCC1CCCCC1N1C(=O)CCC1C. The maximum atomic E-state index is 11.9. The largest absolute Gasteiger partial charge is 0.337 e. The van der Waals surface area contributed by atoms with Crippen LogP contribution in [0.1, 0.15) is 58.8 Å². The van der Waals surface area contributed by atoms with E-state index in [0.29, 0.717) is 18.0 Å². The van der Waals surface area contributed by atoms with E-state index >= 15 is 0 Å². The number of hydrogen-bond donors (Lipinski definition) is 0. The van der Waals surface area contributed by atoms with Crippen molar-refractivity contribution in [2.24, 2.45) is 5.92 Å². The zero-order chi connectivity index (χ0) is 10.8. The topological polar surface area (TPSA) is 20.3 Å². The van der Waals surface area contributed by atoms with Crippen LogP contribution in [-0.4, -0.2) is 22.9 Å². The maximum Gasteiger partial charge on any atom is 0.223 e. The monoisotopic (exact) mass is 209 g/mol. The molecule has 0 radical (unpaired) electrons. The van der Waals surface area contributed by atoms with Gasteiger partial charge in [0.25, 0.3) is 0 Å². The summed E-state index contributed by atoms with van der Waals surface area (Å²) in [6.07, 6.45) is 8.36. The maximum absolute atomic E-state index is 11.9. The molecule has 0 N–H and O–H groups in total. The molecule has 0 aromatic rings. The van der Waals surface area contributed by atoms with Gasteiger partial charge in [-0.15, -0.1) is 0 Å². The third-order valence-corrected chi connectivity index (χ3v) is 4.29. The van der Waals surface area contributed by atoms with E-state index in [4.69, 9.17) is 0 Å².